The van der Waals surface area contributed by atoms with Gasteiger partial charge in [-0.3, -0.25) is 14.9 Å². The molecule has 3 aromatic rings. The molecule has 0 fully saturated rings. The summed E-state index contributed by atoms with van der Waals surface area (Å²) in [6.45, 7) is 6.09. The molecule has 0 saturated heterocycles. The Bertz CT molecular complexity index is 1140. The monoisotopic (exact) mass is 437 g/mol. The minimum atomic E-state index is -0.275. The average molecular weight is 438 g/mol. The number of carbonyl (C=O) groups excluding carboxylic acids is 2. The lowest BCUT2D eigenvalue weighted by molar-refractivity contribution is -0.119. The molecule has 160 valence electrons. The van der Waals surface area contributed by atoms with Gasteiger partial charge < -0.3 is 14.8 Å². The quantitative estimate of drug-likeness (QED) is 0.589. The Hall–Kier alpha value is -3.39. The summed E-state index contributed by atoms with van der Waals surface area (Å²) >= 11 is 1.33. The Balaban J connectivity index is 1.41. The molecule has 0 spiro atoms. The second-order valence-corrected chi connectivity index (χ2v) is 8.48. The summed E-state index contributed by atoms with van der Waals surface area (Å²) in [6.07, 6.45) is 0. The van der Waals surface area contributed by atoms with Crippen molar-refractivity contribution in [1.29, 1.82) is 0 Å². The van der Waals surface area contributed by atoms with Crippen LogP contribution in [0.15, 0.2) is 41.8 Å². The average Bonchev–Trinajstić information content (AvgIpc) is 3.20. The van der Waals surface area contributed by atoms with Crippen LogP contribution in [0.4, 0.5) is 10.8 Å². The Labute approximate surface area is 184 Å². The number of nitrogens with one attached hydrogen (secondary N) is 2. The van der Waals surface area contributed by atoms with Gasteiger partial charge in [-0.15, -0.1) is 11.3 Å². The van der Waals surface area contributed by atoms with Gasteiger partial charge in [0, 0.05) is 10.9 Å². The van der Waals surface area contributed by atoms with E-state index in [1.165, 1.54) is 11.3 Å². The fourth-order valence-corrected chi connectivity index (χ4v) is 3.98. The molecule has 8 heteroatoms. The maximum atomic E-state index is 12.4. The number of aromatic nitrogens is 1. The van der Waals surface area contributed by atoms with Crippen LogP contribution in [0, 0.1) is 6.92 Å². The first-order chi connectivity index (χ1) is 14.9. The van der Waals surface area contributed by atoms with Crippen molar-refractivity contribution in [2.24, 2.45) is 0 Å². The zero-order valence-corrected chi connectivity index (χ0v) is 18.3. The third-order valence-electron chi connectivity index (χ3n) is 4.81. The SMILES string of the molecule is Cc1ccc(C(C)C)c(OCC(=O)Nc2nc(-c3ccc4c(c3)NC(=O)CO4)cs2)c1. The molecule has 1 aliphatic rings. The van der Waals surface area contributed by atoms with E-state index in [1.54, 1.807) is 12.1 Å². The van der Waals surface area contributed by atoms with Gasteiger partial charge >= 0.3 is 0 Å². The number of nitrogens with zero attached hydrogens (tertiary/aromatic N) is 1. The summed E-state index contributed by atoms with van der Waals surface area (Å²) in [5, 5.41) is 7.90. The van der Waals surface area contributed by atoms with E-state index in [1.807, 2.05) is 36.6 Å². The highest BCUT2D eigenvalue weighted by atomic mass is 32.1. The van der Waals surface area contributed by atoms with Gasteiger partial charge in [0.25, 0.3) is 11.8 Å². The summed E-state index contributed by atoms with van der Waals surface area (Å²) in [7, 11) is 0. The Morgan fingerprint density at radius 2 is 2.13 bits per heavy atom. The number of carbonyl (C=O) groups is 2. The number of thiazole rings is 1. The van der Waals surface area contributed by atoms with Crippen molar-refractivity contribution in [1.82, 2.24) is 4.98 Å². The second kappa shape index (κ2) is 8.77. The van der Waals surface area contributed by atoms with Gasteiger partial charge in [0.05, 0.1) is 11.4 Å². The highest BCUT2D eigenvalue weighted by Crippen LogP contribution is 2.34. The number of hydrogen-bond donors (Lipinski definition) is 2. The van der Waals surface area contributed by atoms with Gasteiger partial charge in [-0.1, -0.05) is 26.0 Å². The van der Waals surface area contributed by atoms with Gasteiger partial charge in [0.15, 0.2) is 18.3 Å². The third-order valence-corrected chi connectivity index (χ3v) is 5.57. The van der Waals surface area contributed by atoms with Crippen LogP contribution in [-0.4, -0.2) is 30.0 Å². The predicted octanol–water partition coefficient (Wildman–Crippen LogP) is 4.59. The Kier molecular flexibility index (Phi) is 5.90. The van der Waals surface area contributed by atoms with Crippen molar-refractivity contribution in [3.05, 3.63) is 52.9 Å². The van der Waals surface area contributed by atoms with Crippen molar-refractivity contribution in [2.75, 3.05) is 23.8 Å². The molecule has 0 atom stereocenters. The molecule has 4 rings (SSSR count). The molecule has 2 amide bonds. The third kappa shape index (κ3) is 4.86. The largest absolute Gasteiger partial charge is 0.483 e. The number of amides is 2. The molecule has 1 aromatic heterocycles. The summed E-state index contributed by atoms with van der Waals surface area (Å²) in [4.78, 5) is 28.4. The standard InChI is InChI=1S/C23H23N3O4S/c1-13(2)16-6-4-14(3)8-20(16)30-11-22(28)26-23-25-18(12-31-23)15-5-7-19-17(9-15)24-21(27)10-29-19/h4-9,12-13H,10-11H2,1-3H3,(H,24,27)(H,25,26,28). The number of aryl methyl sites for hydroxylation is 1. The van der Waals surface area contributed by atoms with E-state index in [-0.39, 0.29) is 25.0 Å². The Morgan fingerprint density at radius 3 is 2.94 bits per heavy atom. The van der Waals surface area contributed by atoms with Crippen LogP contribution >= 0.6 is 11.3 Å². The number of fused-ring (bicyclic) bond motifs is 1. The lowest BCUT2D eigenvalue weighted by atomic mass is 10.0. The van der Waals surface area contributed by atoms with Crippen molar-refractivity contribution >= 4 is 34.0 Å². The molecule has 7 nitrogen and oxygen atoms in total. The van der Waals surface area contributed by atoms with Crippen LogP contribution in [0.5, 0.6) is 11.5 Å². The molecule has 2 aromatic carbocycles. The molecule has 2 heterocycles. The van der Waals surface area contributed by atoms with Crippen LogP contribution in [0.1, 0.15) is 30.9 Å². The zero-order valence-electron chi connectivity index (χ0n) is 17.5. The highest BCUT2D eigenvalue weighted by Gasteiger charge is 2.17. The molecule has 0 radical (unpaired) electrons. The normalized spacial score (nSPS) is 12.7. The van der Waals surface area contributed by atoms with Crippen LogP contribution in [0.25, 0.3) is 11.3 Å². The first kappa shape index (κ1) is 20.9. The molecule has 31 heavy (non-hydrogen) atoms. The number of ether oxygens (including phenoxy) is 2. The minimum Gasteiger partial charge on any atom is -0.483 e. The van der Waals surface area contributed by atoms with Gasteiger partial charge in [0.2, 0.25) is 0 Å². The van der Waals surface area contributed by atoms with E-state index in [2.05, 4.69) is 29.5 Å². The summed E-state index contributed by atoms with van der Waals surface area (Å²) in [6, 6.07) is 11.5. The minimum absolute atomic E-state index is 0.0164. The fourth-order valence-electron chi connectivity index (χ4n) is 3.25. The Morgan fingerprint density at radius 1 is 1.29 bits per heavy atom. The molecule has 2 N–H and O–H groups in total. The topological polar surface area (TPSA) is 89.5 Å². The fraction of sp³-hybridized carbons (Fsp3) is 0.261. The van der Waals surface area contributed by atoms with Crippen LogP contribution in [0.3, 0.4) is 0 Å². The maximum absolute atomic E-state index is 12.4. The van der Waals surface area contributed by atoms with Gasteiger partial charge in [0.1, 0.15) is 11.5 Å². The molecule has 0 unspecified atom stereocenters. The lowest BCUT2D eigenvalue weighted by Crippen LogP contribution is -2.25. The number of anilines is 2. The number of hydrogen-bond acceptors (Lipinski definition) is 6. The predicted molar refractivity (Wildman–Crippen MR) is 121 cm³/mol. The summed E-state index contributed by atoms with van der Waals surface area (Å²) in [5.41, 5.74) is 4.28. The van der Waals surface area contributed by atoms with E-state index in [4.69, 9.17) is 9.47 Å². The lowest BCUT2D eigenvalue weighted by Gasteiger charge is -2.18. The van der Waals surface area contributed by atoms with E-state index in [9.17, 15) is 9.59 Å². The van der Waals surface area contributed by atoms with Crippen LogP contribution in [-0.2, 0) is 9.59 Å². The van der Waals surface area contributed by atoms with Crippen molar-refractivity contribution in [3.8, 4) is 22.8 Å². The maximum Gasteiger partial charge on any atom is 0.264 e. The smallest absolute Gasteiger partial charge is 0.264 e. The summed E-state index contributed by atoms with van der Waals surface area (Å²) in [5.74, 6) is 1.18. The van der Waals surface area contributed by atoms with Crippen molar-refractivity contribution < 1.29 is 19.1 Å². The van der Waals surface area contributed by atoms with E-state index < -0.39 is 0 Å². The molecule has 0 bridgehead atoms. The van der Waals surface area contributed by atoms with Gasteiger partial charge in [-0.25, -0.2) is 4.98 Å². The first-order valence-electron chi connectivity index (χ1n) is 9.95. The molecule has 0 saturated carbocycles. The van der Waals surface area contributed by atoms with E-state index in [0.717, 1.165) is 22.4 Å². The van der Waals surface area contributed by atoms with Crippen molar-refractivity contribution in [3.63, 3.8) is 0 Å². The second-order valence-electron chi connectivity index (χ2n) is 7.62. The highest BCUT2D eigenvalue weighted by molar-refractivity contribution is 7.14. The van der Waals surface area contributed by atoms with Gasteiger partial charge in [-0.05, 0) is 48.2 Å². The molecular formula is C23H23N3O4S. The summed E-state index contributed by atoms with van der Waals surface area (Å²) < 4.78 is 11.2. The molecular weight excluding hydrogens is 414 g/mol. The van der Waals surface area contributed by atoms with Crippen LogP contribution < -0.4 is 20.1 Å². The van der Waals surface area contributed by atoms with E-state index >= 15 is 0 Å². The van der Waals surface area contributed by atoms with Crippen molar-refractivity contribution in [2.45, 2.75) is 26.7 Å². The zero-order chi connectivity index (χ0) is 22.0. The molecule has 0 aliphatic carbocycles. The molecule has 1 aliphatic heterocycles. The van der Waals surface area contributed by atoms with Crippen LogP contribution in [0.2, 0.25) is 0 Å². The number of benzene rings is 2. The van der Waals surface area contributed by atoms with E-state index in [0.29, 0.717) is 28.2 Å². The number of rotatable bonds is 6. The first-order valence-corrected chi connectivity index (χ1v) is 10.8. The van der Waals surface area contributed by atoms with Gasteiger partial charge in [-0.2, -0.15) is 0 Å².